The van der Waals surface area contributed by atoms with Crippen LogP contribution in [0.1, 0.15) is 17.5 Å². The fraction of sp³-hybridized carbons (Fsp3) is 0.429. The van der Waals surface area contributed by atoms with Crippen molar-refractivity contribution < 1.29 is 18.3 Å². The Morgan fingerprint density at radius 2 is 1.86 bits per heavy atom. The minimum Gasteiger partial charge on any atom is -0.491 e. The number of sulfone groups is 1. The van der Waals surface area contributed by atoms with Crippen LogP contribution in [-0.4, -0.2) is 55.2 Å². The molecule has 1 N–H and O–H groups in total. The molecule has 2 atom stereocenters. The molecule has 0 aromatic heterocycles. The number of rotatable bonds is 8. The lowest BCUT2D eigenvalue weighted by molar-refractivity contribution is 0.0525. The van der Waals surface area contributed by atoms with Crippen LogP contribution >= 0.6 is 11.6 Å². The van der Waals surface area contributed by atoms with E-state index in [1.165, 1.54) is 5.56 Å². The van der Waals surface area contributed by atoms with Crippen LogP contribution in [0.4, 0.5) is 0 Å². The molecule has 0 unspecified atom stereocenters. The van der Waals surface area contributed by atoms with E-state index >= 15 is 0 Å². The normalized spacial score (nSPS) is 19.6. The molecule has 1 saturated heterocycles. The zero-order chi connectivity index (χ0) is 20.1. The fourth-order valence-electron chi connectivity index (χ4n) is 3.38. The molecule has 0 saturated carbocycles. The quantitative estimate of drug-likeness (QED) is 0.706. The number of benzene rings is 2. The van der Waals surface area contributed by atoms with E-state index in [1.54, 1.807) is 24.3 Å². The van der Waals surface area contributed by atoms with Crippen molar-refractivity contribution >= 4 is 21.4 Å². The van der Waals surface area contributed by atoms with E-state index in [9.17, 15) is 13.5 Å². The van der Waals surface area contributed by atoms with Gasteiger partial charge in [0.25, 0.3) is 0 Å². The third-order valence-electron chi connectivity index (χ3n) is 4.93. The molecule has 0 bridgehead atoms. The summed E-state index contributed by atoms with van der Waals surface area (Å²) in [5.74, 6) is 0.986. The van der Waals surface area contributed by atoms with Gasteiger partial charge in [0.15, 0.2) is 9.84 Å². The van der Waals surface area contributed by atoms with Gasteiger partial charge in [0, 0.05) is 24.2 Å². The van der Waals surface area contributed by atoms with E-state index in [4.69, 9.17) is 16.3 Å². The second-order valence-corrected chi connectivity index (χ2v) is 10.1. The van der Waals surface area contributed by atoms with Gasteiger partial charge in [0.2, 0.25) is 0 Å². The Morgan fingerprint density at radius 3 is 2.46 bits per heavy atom. The van der Waals surface area contributed by atoms with Crippen LogP contribution in [0.15, 0.2) is 48.5 Å². The molecule has 2 aromatic carbocycles. The molecule has 7 heteroatoms. The fourth-order valence-corrected chi connectivity index (χ4v) is 5.27. The molecule has 1 fully saturated rings. The van der Waals surface area contributed by atoms with Gasteiger partial charge in [0.05, 0.1) is 11.5 Å². The van der Waals surface area contributed by atoms with Crippen LogP contribution in [-0.2, 0) is 16.4 Å². The Hall–Kier alpha value is -1.60. The van der Waals surface area contributed by atoms with E-state index in [2.05, 4.69) is 4.90 Å². The van der Waals surface area contributed by atoms with Gasteiger partial charge >= 0.3 is 0 Å². The maximum atomic E-state index is 11.9. The highest BCUT2D eigenvalue weighted by atomic mass is 35.5. The second-order valence-electron chi connectivity index (χ2n) is 7.39. The molecule has 0 aliphatic carbocycles. The highest BCUT2D eigenvalue weighted by molar-refractivity contribution is 7.91. The first kappa shape index (κ1) is 21.1. The van der Waals surface area contributed by atoms with E-state index in [1.807, 2.05) is 31.2 Å². The van der Waals surface area contributed by atoms with Gasteiger partial charge in [-0.15, -0.1) is 0 Å². The number of hydrogen-bond donors (Lipinski definition) is 1. The van der Waals surface area contributed by atoms with Crippen LogP contribution in [0, 0.1) is 6.92 Å². The van der Waals surface area contributed by atoms with Gasteiger partial charge in [-0.1, -0.05) is 41.4 Å². The summed E-state index contributed by atoms with van der Waals surface area (Å²) in [5.41, 5.74) is 2.27. The molecule has 5 nitrogen and oxygen atoms in total. The molecule has 152 valence electrons. The number of aliphatic hydroxyl groups excluding tert-OH is 1. The summed E-state index contributed by atoms with van der Waals surface area (Å²) in [6, 6.07) is 15.1. The minimum atomic E-state index is -3.00. The Balaban J connectivity index is 1.63. The summed E-state index contributed by atoms with van der Waals surface area (Å²) in [6.45, 7) is 3.11. The van der Waals surface area contributed by atoms with Crippen LogP contribution in [0.3, 0.4) is 0 Å². The number of halogens is 1. The summed E-state index contributed by atoms with van der Waals surface area (Å²) < 4.78 is 29.5. The van der Waals surface area contributed by atoms with Crippen molar-refractivity contribution in [3.8, 4) is 5.75 Å². The number of aryl methyl sites for hydroxylation is 1. The van der Waals surface area contributed by atoms with Gasteiger partial charge in [0.1, 0.15) is 18.5 Å². The van der Waals surface area contributed by atoms with Crippen molar-refractivity contribution in [1.29, 1.82) is 0 Å². The molecule has 1 heterocycles. The SMILES string of the molecule is Cc1ccc(CN(C[C@@H](O)COc2ccc(Cl)cc2)[C@H]2CCS(=O)(=O)C2)cc1. The molecule has 0 radical (unpaired) electrons. The highest BCUT2D eigenvalue weighted by Gasteiger charge is 2.33. The zero-order valence-electron chi connectivity index (χ0n) is 15.9. The van der Waals surface area contributed by atoms with Crippen LogP contribution in [0.2, 0.25) is 5.02 Å². The van der Waals surface area contributed by atoms with Gasteiger partial charge in [-0.25, -0.2) is 8.42 Å². The predicted molar refractivity (Wildman–Crippen MR) is 112 cm³/mol. The summed E-state index contributed by atoms with van der Waals surface area (Å²) in [6.07, 6.45) is -0.136. The standard InChI is InChI=1S/C21H26ClNO4S/c1-16-2-4-17(5-3-16)12-23(19-10-11-28(25,26)15-19)13-20(24)14-27-21-8-6-18(22)7-9-21/h2-9,19-20,24H,10-15H2,1H3/t19-,20+/m0/s1. The molecular weight excluding hydrogens is 398 g/mol. The number of nitrogens with zero attached hydrogens (tertiary/aromatic N) is 1. The first-order valence-electron chi connectivity index (χ1n) is 9.37. The van der Waals surface area contributed by atoms with Crippen molar-refractivity contribution in [1.82, 2.24) is 4.90 Å². The predicted octanol–water partition coefficient (Wildman–Crippen LogP) is 3.08. The van der Waals surface area contributed by atoms with Crippen molar-refractivity contribution in [3.05, 3.63) is 64.7 Å². The van der Waals surface area contributed by atoms with E-state index in [0.29, 0.717) is 30.3 Å². The van der Waals surface area contributed by atoms with Crippen molar-refractivity contribution in [2.75, 3.05) is 24.7 Å². The maximum Gasteiger partial charge on any atom is 0.151 e. The number of ether oxygens (including phenoxy) is 1. The lowest BCUT2D eigenvalue weighted by atomic mass is 10.1. The molecule has 0 amide bonds. The van der Waals surface area contributed by atoms with Crippen molar-refractivity contribution in [2.24, 2.45) is 0 Å². The molecular formula is C21H26ClNO4S. The first-order valence-corrected chi connectivity index (χ1v) is 11.6. The lowest BCUT2D eigenvalue weighted by Crippen LogP contribution is -2.42. The van der Waals surface area contributed by atoms with Crippen molar-refractivity contribution in [2.45, 2.75) is 32.0 Å². The van der Waals surface area contributed by atoms with E-state index in [-0.39, 0.29) is 24.2 Å². The van der Waals surface area contributed by atoms with Crippen LogP contribution in [0.25, 0.3) is 0 Å². The molecule has 1 aliphatic heterocycles. The number of aliphatic hydroxyl groups is 1. The van der Waals surface area contributed by atoms with Gasteiger partial charge in [-0.05, 0) is 43.2 Å². The summed E-state index contributed by atoms with van der Waals surface area (Å²) in [4.78, 5) is 2.06. The smallest absolute Gasteiger partial charge is 0.151 e. The lowest BCUT2D eigenvalue weighted by Gasteiger charge is -2.30. The minimum absolute atomic E-state index is 0.0866. The third-order valence-corrected chi connectivity index (χ3v) is 6.93. The molecule has 1 aliphatic rings. The Morgan fingerprint density at radius 1 is 1.18 bits per heavy atom. The van der Waals surface area contributed by atoms with E-state index in [0.717, 1.165) is 5.56 Å². The second kappa shape index (κ2) is 9.27. The molecule has 2 aromatic rings. The largest absolute Gasteiger partial charge is 0.491 e. The summed E-state index contributed by atoms with van der Waals surface area (Å²) in [7, 11) is -3.00. The van der Waals surface area contributed by atoms with Crippen LogP contribution in [0.5, 0.6) is 5.75 Å². The average molecular weight is 424 g/mol. The first-order chi connectivity index (χ1) is 13.3. The Kier molecular flexibility index (Phi) is 6.99. The molecule has 3 rings (SSSR count). The highest BCUT2D eigenvalue weighted by Crippen LogP contribution is 2.21. The third kappa shape index (κ3) is 6.21. The average Bonchev–Trinajstić information content (AvgIpc) is 3.02. The Bertz CT molecular complexity index is 868. The maximum absolute atomic E-state index is 11.9. The molecule has 0 spiro atoms. The topological polar surface area (TPSA) is 66.8 Å². The van der Waals surface area contributed by atoms with Crippen LogP contribution < -0.4 is 4.74 Å². The zero-order valence-corrected chi connectivity index (χ0v) is 17.5. The monoisotopic (exact) mass is 423 g/mol. The Labute approximate surface area is 171 Å². The summed E-state index contributed by atoms with van der Waals surface area (Å²) >= 11 is 5.87. The van der Waals surface area contributed by atoms with Gasteiger partial charge in [-0.3, -0.25) is 4.90 Å². The summed E-state index contributed by atoms with van der Waals surface area (Å²) in [5, 5.41) is 11.1. The van der Waals surface area contributed by atoms with E-state index < -0.39 is 15.9 Å². The van der Waals surface area contributed by atoms with Crippen molar-refractivity contribution in [3.63, 3.8) is 0 Å². The van der Waals surface area contributed by atoms with Gasteiger partial charge in [-0.2, -0.15) is 0 Å². The number of hydrogen-bond acceptors (Lipinski definition) is 5. The van der Waals surface area contributed by atoms with Gasteiger partial charge < -0.3 is 9.84 Å². The molecule has 28 heavy (non-hydrogen) atoms.